The number of piperidine rings is 1. The molecule has 3 fully saturated rings. The standard InChI is InChI=1S/C22H36N6O/c1-17-12-18(2)15-28(14-17)22(29)25-20-13-21(24-16-23-20)27-10-8-26(9-11-27)19-6-4-3-5-7-19/h13,16-19H,3-12,14-15H2,1-2H3,(H,23,24,25,29). The van der Waals surface area contributed by atoms with Gasteiger partial charge in [-0.05, 0) is 31.1 Å². The normalized spacial score (nSPS) is 27.1. The van der Waals surface area contributed by atoms with E-state index >= 15 is 0 Å². The number of hydrogen-bond acceptors (Lipinski definition) is 5. The van der Waals surface area contributed by atoms with Crippen LogP contribution in [0, 0.1) is 11.8 Å². The van der Waals surface area contributed by atoms with Crippen LogP contribution in [0.2, 0.25) is 0 Å². The molecule has 0 aromatic carbocycles. The molecule has 4 rings (SSSR count). The molecule has 1 saturated carbocycles. The number of carbonyl (C=O) groups excluding carboxylic acids is 1. The topological polar surface area (TPSA) is 64.6 Å². The molecule has 2 saturated heterocycles. The summed E-state index contributed by atoms with van der Waals surface area (Å²) in [4.78, 5) is 28.4. The van der Waals surface area contributed by atoms with Crippen molar-refractivity contribution in [3.63, 3.8) is 0 Å². The van der Waals surface area contributed by atoms with Gasteiger partial charge in [0.25, 0.3) is 0 Å². The summed E-state index contributed by atoms with van der Waals surface area (Å²) in [7, 11) is 0. The number of nitrogens with zero attached hydrogens (tertiary/aromatic N) is 5. The van der Waals surface area contributed by atoms with E-state index in [4.69, 9.17) is 0 Å². The van der Waals surface area contributed by atoms with Crippen molar-refractivity contribution < 1.29 is 4.79 Å². The van der Waals surface area contributed by atoms with Crippen LogP contribution < -0.4 is 10.2 Å². The lowest BCUT2D eigenvalue weighted by Gasteiger charge is -2.41. The third kappa shape index (κ3) is 5.18. The molecule has 1 aromatic heterocycles. The fourth-order valence-corrected chi connectivity index (χ4v) is 5.37. The van der Waals surface area contributed by atoms with Crippen molar-refractivity contribution in [2.75, 3.05) is 49.5 Å². The Bertz CT molecular complexity index is 674. The van der Waals surface area contributed by atoms with Gasteiger partial charge < -0.3 is 9.80 Å². The lowest BCUT2D eigenvalue weighted by Crippen LogP contribution is -2.51. The summed E-state index contributed by atoms with van der Waals surface area (Å²) in [6, 6.07) is 2.65. The largest absolute Gasteiger partial charge is 0.354 e. The average Bonchev–Trinajstić information content (AvgIpc) is 2.74. The zero-order chi connectivity index (χ0) is 20.2. The zero-order valence-corrected chi connectivity index (χ0v) is 18.0. The maximum absolute atomic E-state index is 12.7. The summed E-state index contributed by atoms with van der Waals surface area (Å²) in [5.41, 5.74) is 0. The van der Waals surface area contributed by atoms with E-state index in [1.165, 1.54) is 38.5 Å². The molecular weight excluding hydrogens is 364 g/mol. The molecule has 29 heavy (non-hydrogen) atoms. The van der Waals surface area contributed by atoms with Crippen molar-refractivity contribution >= 4 is 17.7 Å². The molecule has 2 atom stereocenters. The highest BCUT2D eigenvalue weighted by Crippen LogP contribution is 2.25. The van der Waals surface area contributed by atoms with Crippen LogP contribution in [0.5, 0.6) is 0 Å². The van der Waals surface area contributed by atoms with Crippen molar-refractivity contribution in [2.24, 2.45) is 11.8 Å². The molecule has 2 unspecified atom stereocenters. The van der Waals surface area contributed by atoms with Crippen molar-refractivity contribution in [3.05, 3.63) is 12.4 Å². The second-order valence-corrected chi connectivity index (χ2v) is 9.36. The monoisotopic (exact) mass is 400 g/mol. The summed E-state index contributed by atoms with van der Waals surface area (Å²) in [5, 5.41) is 2.99. The van der Waals surface area contributed by atoms with Crippen LogP contribution in [0.3, 0.4) is 0 Å². The summed E-state index contributed by atoms with van der Waals surface area (Å²) in [5.74, 6) is 2.61. The van der Waals surface area contributed by atoms with Crippen molar-refractivity contribution in [2.45, 2.75) is 58.4 Å². The summed E-state index contributed by atoms with van der Waals surface area (Å²) in [6.07, 6.45) is 9.65. The van der Waals surface area contributed by atoms with Gasteiger partial charge in [-0.3, -0.25) is 10.2 Å². The molecule has 3 heterocycles. The first-order chi connectivity index (χ1) is 14.1. The lowest BCUT2D eigenvalue weighted by molar-refractivity contribution is 0.147. The summed E-state index contributed by atoms with van der Waals surface area (Å²) in [6.45, 7) is 10.2. The number of piperazine rings is 1. The Morgan fingerprint density at radius 1 is 1.00 bits per heavy atom. The highest BCUT2D eigenvalue weighted by molar-refractivity contribution is 5.88. The number of anilines is 2. The van der Waals surface area contributed by atoms with Crippen LogP contribution in [0.4, 0.5) is 16.4 Å². The molecule has 1 N–H and O–H groups in total. The molecular formula is C22H36N6O. The van der Waals surface area contributed by atoms with Gasteiger partial charge in [0.2, 0.25) is 0 Å². The maximum Gasteiger partial charge on any atom is 0.323 e. The predicted octanol–water partition coefficient (Wildman–Crippen LogP) is 3.44. The number of rotatable bonds is 3. The van der Waals surface area contributed by atoms with E-state index in [0.717, 1.165) is 51.1 Å². The summed E-state index contributed by atoms with van der Waals surface area (Å²) >= 11 is 0. The second kappa shape index (κ2) is 9.28. The van der Waals surface area contributed by atoms with Gasteiger partial charge in [-0.1, -0.05) is 33.1 Å². The molecule has 160 valence electrons. The minimum atomic E-state index is -0.0461. The van der Waals surface area contributed by atoms with Gasteiger partial charge in [0, 0.05) is 51.4 Å². The number of nitrogens with one attached hydrogen (secondary N) is 1. The van der Waals surface area contributed by atoms with E-state index in [1.807, 2.05) is 11.0 Å². The van der Waals surface area contributed by atoms with Crippen molar-refractivity contribution in [1.82, 2.24) is 19.8 Å². The summed E-state index contributed by atoms with van der Waals surface area (Å²) < 4.78 is 0. The van der Waals surface area contributed by atoms with Gasteiger partial charge in [-0.25, -0.2) is 14.8 Å². The van der Waals surface area contributed by atoms with Gasteiger partial charge in [-0.2, -0.15) is 0 Å². The number of amides is 2. The van der Waals surface area contributed by atoms with E-state index in [9.17, 15) is 4.79 Å². The Balaban J connectivity index is 1.32. The van der Waals surface area contributed by atoms with E-state index in [1.54, 1.807) is 6.33 Å². The molecule has 3 aliphatic rings. The molecule has 0 bridgehead atoms. The number of hydrogen-bond donors (Lipinski definition) is 1. The third-order valence-corrected chi connectivity index (χ3v) is 6.77. The van der Waals surface area contributed by atoms with Crippen LogP contribution in [0.15, 0.2) is 12.4 Å². The highest BCUT2D eigenvalue weighted by Gasteiger charge is 2.27. The average molecular weight is 401 g/mol. The zero-order valence-electron chi connectivity index (χ0n) is 18.0. The van der Waals surface area contributed by atoms with Gasteiger partial charge in [-0.15, -0.1) is 0 Å². The minimum Gasteiger partial charge on any atom is -0.354 e. The van der Waals surface area contributed by atoms with E-state index in [2.05, 4.69) is 38.9 Å². The lowest BCUT2D eigenvalue weighted by atomic mass is 9.92. The first-order valence-electron chi connectivity index (χ1n) is 11.5. The van der Waals surface area contributed by atoms with Crippen LogP contribution >= 0.6 is 0 Å². The smallest absolute Gasteiger partial charge is 0.323 e. The third-order valence-electron chi connectivity index (χ3n) is 6.77. The second-order valence-electron chi connectivity index (χ2n) is 9.36. The van der Waals surface area contributed by atoms with E-state index in [0.29, 0.717) is 17.7 Å². The van der Waals surface area contributed by atoms with Crippen LogP contribution in [-0.2, 0) is 0 Å². The molecule has 2 aliphatic heterocycles. The molecule has 1 aliphatic carbocycles. The molecule has 1 aromatic rings. The number of carbonyl (C=O) groups is 1. The van der Waals surface area contributed by atoms with Gasteiger partial charge in [0.05, 0.1) is 0 Å². The maximum atomic E-state index is 12.7. The Morgan fingerprint density at radius 3 is 2.38 bits per heavy atom. The quantitative estimate of drug-likeness (QED) is 0.842. The first-order valence-corrected chi connectivity index (χ1v) is 11.5. The first kappa shape index (κ1) is 20.4. The number of likely N-dealkylation sites (tertiary alicyclic amines) is 1. The number of urea groups is 1. The Labute approximate surface area is 174 Å². The van der Waals surface area contributed by atoms with Gasteiger partial charge in [0.1, 0.15) is 18.0 Å². The highest BCUT2D eigenvalue weighted by atomic mass is 16.2. The fraction of sp³-hybridized carbons (Fsp3) is 0.773. The van der Waals surface area contributed by atoms with E-state index < -0.39 is 0 Å². The molecule has 7 nitrogen and oxygen atoms in total. The Morgan fingerprint density at radius 2 is 1.69 bits per heavy atom. The van der Waals surface area contributed by atoms with Crippen LogP contribution in [0.1, 0.15) is 52.4 Å². The molecule has 7 heteroatoms. The van der Waals surface area contributed by atoms with Gasteiger partial charge >= 0.3 is 6.03 Å². The Hall–Kier alpha value is -1.89. The molecule has 0 spiro atoms. The Kier molecular flexibility index (Phi) is 6.53. The predicted molar refractivity (Wildman–Crippen MR) is 116 cm³/mol. The minimum absolute atomic E-state index is 0.0461. The molecule has 2 amide bonds. The van der Waals surface area contributed by atoms with E-state index in [-0.39, 0.29) is 6.03 Å². The van der Waals surface area contributed by atoms with Gasteiger partial charge in [0.15, 0.2) is 0 Å². The van der Waals surface area contributed by atoms with Crippen molar-refractivity contribution in [3.8, 4) is 0 Å². The van der Waals surface area contributed by atoms with Crippen LogP contribution in [0.25, 0.3) is 0 Å². The van der Waals surface area contributed by atoms with Crippen molar-refractivity contribution in [1.29, 1.82) is 0 Å². The number of aromatic nitrogens is 2. The molecule has 0 radical (unpaired) electrons. The fourth-order valence-electron chi connectivity index (χ4n) is 5.37. The van der Waals surface area contributed by atoms with Crippen LogP contribution in [-0.4, -0.2) is 71.1 Å². The SMILES string of the molecule is CC1CC(C)CN(C(=O)Nc2cc(N3CCN(C4CCCCC4)CC3)ncn2)C1.